The van der Waals surface area contributed by atoms with Crippen molar-refractivity contribution in [1.29, 1.82) is 0 Å². The zero-order chi connectivity index (χ0) is 13.3. The van der Waals surface area contributed by atoms with Crippen LogP contribution in [0, 0.1) is 11.3 Å². The maximum atomic E-state index is 12.4. The first-order chi connectivity index (χ1) is 8.45. The second-order valence-corrected chi connectivity index (χ2v) is 6.21. The topological polar surface area (TPSA) is 46.6 Å². The quantitative estimate of drug-likeness (QED) is 0.722. The van der Waals surface area contributed by atoms with Gasteiger partial charge in [0.2, 0.25) is 5.91 Å². The second kappa shape index (κ2) is 4.90. The summed E-state index contributed by atoms with van der Waals surface area (Å²) in [5.74, 6) is 0.194. The highest BCUT2D eigenvalue weighted by atomic mass is 16.5. The number of rotatable bonds is 3. The van der Waals surface area contributed by atoms with E-state index in [1.165, 1.54) is 7.11 Å². The van der Waals surface area contributed by atoms with Crippen molar-refractivity contribution in [3.05, 3.63) is 0 Å². The summed E-state index contributed by atoms with van der Waals surface area (Å²) < 4.78 is 4.72. The Labute approximate surface area is 109 Å². The van der Waals surface area contributed by atoms with E-state index in [4.69, 9.17) is 4.74 Å². The summed E-state index contributed by atoms with van der Waals surface area (Å²) >= 11 is 0. The van der Waals surface area contributed by atoms with Crippen LogP contribution in [-0.2, 0) is 14.3 Å². The Morgan fingerprint density at radius 1 is 1.33 bits per heavy atom. The van der Waals surface area contributed by atoms with E-state index in [1.54, 1.807) is 0 Å². The molecule has 0 aromatic rings. The van der Waals surface area contributed by atoms with E-state index in [0.717, 1.165) is 32.2 Å². The van der Waals surface area contributed by atoms with Crippen LogP contribution in [0.2, 0.25) is 0 Å². The fraction of sp³-hybridized carbons (Fsp3) is 0.857. The van der Waals surface area contributed by atoms with E-state index in [1.807, 2.05) is 4.90 Å². The van der Waals surface area contributed by atoms with Gasteiger partial charge >= 0.3 is 5.97 Å². The van der Waals surface area contributed by atoms with Gasteiger partial charge in [-0.3, -0.25) is 9.59 Å². The van der Waals surface area contributed by atoms with E-state index in [-0.39, 0.29) is 29.3 Å². The number of hydrogen-bond donors (Lipinski definition) is 0. The number of hydrogen-bond acceptors (Lipinski definition) is 3. The standard InChI is InChI=1S/C14H23NO3/c1-14(2)9-11(14)13(17)15-7-5-4-6-10(15)8-12(16)18-3/h10-11H,4-9H2,1-3H3. The van der Waals surface area contributed by atoms with Gasteiger partial charge in [0, 0.05) is 18.5 Å². The molecule has 102 valence electrons. The van der Waals surface area contributed by atoms with Crippen LogP contribution in [0.1, 0.15) is 46.0 Å². The molecule has 4 heteroatoms. The predicted octanol–water partition coefficient (Wildman–Crippen LogP) is 1.98. The number of esters is 1. The molecular weight excluding hydrogens is 230 g/mol. The van der Waals surface area contributed by atoms with Crippen molar-refractivity contribution in [2.24, 2.45) is 11.3 Å². The Hall–Kier alpha value is -1.06. The molecule has 1 saturated heterocycles. The largest absolute Gasteiger partial charge is 0.469 e. The molecule has 0 aromatic heterocycles. The van der Waals surface area contributed by atoms with Crippen LogP contribution in [0.4, 0.5) is 0 Å². The lowest BCUT2D eigenvalue weighted by Crippen LogP contribution is -2.46. The molecule has 4 nitrogen and oxygen atoms in total. The molecule has 0 spiro atoms. The van der Waals surface area contributed by atoms with Crippen LogP contribution in [0.25, 0.3) is 0 Å². The highest BCUT2D eigenvalue weighted by molar-refractivity contribution is 5.83. The smallest absolute Gasteiger partial charge is 0.307 e. The molecule has 1 heterocycles. The molecule has 2 atom stereocenters. The van der Waals surface area contributed by atoms with Crippen LogP contribution in [0.5, 0.6) is 0 Å². The number of likely N-dealkylation sites (tertiary alicyclic amines) is 1. The Morgan fingerprint density at radius 2 is 2.00 bits per heavy atom. The van der Waals surface area contributed by atoms with Gasteiger partial charge in [-0.1, -0.05) is 13.8 Å². The highest BCUT2D eigenvalue weighted by Crippen LogP contribution is 2.52. The lowest BCUT2D eigenvalue weighted by Gasteiger charge is -2.35. The second-order valence-electron chi connectivity index (χ2n) is 6.21. The number of carbonyl (C=O) groups is 2. The molecule has 0 bridgehead atoms. The predicted molar refractivity (Wildman–Crippen MR) is 67.9 cm³/mol. The number of amides is 1. The molecular formula is C14H23NO3. The van der Waals surface area contributed by atoms with E-state index in [9.17, 15) is 9.59 Å². The van der Waals surface area contributed by atoms with Crippen molar-refractivity contribution in [1.82, 2.24) is 4.90 Å². The van der Waals surface area contributed by atoms with Crippen LogP contribution in [0.15, 0.2) is 0 Å². The van der Waals surface area contributed by atoms with Gasteiger partial charge in [-0.05, 0) is 31.1 Å². The summed E-state index contributed by atoms with van der Waals surface area (Å²) in [7, 11) is 1.40. The van der Waals surface area contributed by atoms with E-state index in [0.29, 0.717) is 6.42 Å². The minimum Gasteiger partial charge on any atom is -0.469 e. The van der Waals surface area contributed by atoms with Crippen molar-refractivity contribution in [2.45, 2.75) is 52.0 Å². The normalized spacial score (nSPS) is 29.8. The minimum absolute atomic E-state index is 0.0510. The molecule has 1 amide bonds. The van der Waals surface area contributed by atoms with Gasteiger partial charge in [-0.25, -0.2) is 0 Å². The molecule has 1 aliphatic heterocycles. The molecule has 2 aliphatic rings. The molecule has 1 saturated carbocycles. The fourth-order valence-corrected chi connectivity index (χ4v) is 2.87. The number of nitrogens with zero attached hydrogens (tertiary/aromatic N) is 1. The van der Waals surface area contributed by atoms with Crippen LogP contribution in [0.3, 0.4) is 0 Å². The van der Waals surface area contributed by atoms with E-state index in [2.05, 4.69) is 13.8 Å². The van der Waals surface area contributed by atoms with Crippen LogP contribution >= 0.6 is 0 Å². The number of piperidine rings is 1. The highest BCUT2D eigenvalue weighted by Gasteiger charge is 2.52. The average Bonchev–Trinajstić information content (AvgIpc) is 2.98. The van der Waals surface area contributed by atoms with Crippen LogP contribution in [-0.4, -0.2) is 36.5 Å². The molecule has 0 radical (unpaired) electrons. The molecule has 2 rings (SSSR count). The zero-order valence-electron chi connectivity index (χ0n) is 11.6. The van der Waals surface area contributed by atoms with Crippen molar-refractivity contribution in [3.8, 4) is 0 Å². The van der Waals surface area contributed by atoms with E-state index < -0.39 is 0 Å². The average molecular weight is 253 g/mol. The third-order valence-electron chi connectivity index (χ3n) is 4.35. The van der Waals surface area contributed by atoms with Crippen molar-refractivity contribution in [3.63, 3.8) is 0 Å². The summed E-state index contributed by atoms with van der Waals surface area (Å²) in [4.78, 5) is 25.8. The monoisotopic (exact) mass is 253 g/mol. The third-order valence-corrected chi connectivity index (χ3v) is 4.35. The molecule has 2 fully saturated rings. The number of ether oxygens (including phenoxy) is 1. The first-order valence-corrected chi connectivity index (χ1v) is 6.83. The lowest BCUT2D eigenvalue weighted by atomic mass is 9.98. The Morgan fingerprint density at radius 3 is 2.56 bits per heavy atom. The van der Waals surface area contributed by atoms with Gasteiger partial charge in [0.15, 0.2) is 0 Å². The van der Waals surface area contributed by atoms with Crippen molar-refractivity contribution in [2.75, 3.05) is 13.7 Å². The zero-order valence-corrected chi connectivity index (χ0v) is 11.6. The van der Waals surface area contributed by atoms with Gasteiger partial charge in [0.05, 0.1) is 13.5 Å². The molecule has 1 aliphatic carbocycles. The van der Waals surface area contributed by atoms with Crippen molar-refractivity contribution < 1.29 is 14.3 Å². The van der Waals surface area contributed by atoms with Gasteiger partial charge in [0.25, 0.3) is 0 Å². The SMILES string of the molecule is COC(=O)CC1CCCCN1C(=O)C1CC1(C)C. The first-order valence-electron chi connectivity index (χ1n) is 6.83. The summed E-state index contributed by atoms with van der Waals surface area (Å²) in [5.41, 5.74) is 0.157. The molecule has 2 unspecified atom stereocenters. The number of carbonyl (C=O) groups excluding carboxylic acids is 2. The van der Waals surface area contributed by atoms with Crippen molar-refractivity contribution >= 4 is 11.9 Å². The van der Waals surface area contributed by atoms with E-state index >= 15 is 0 Å². The Balaban J connectivity index is 1.99. The summed E-state index contributed by atoms with van der Waals surface area (Å²) in [6, 6.07) is 0.0510. The molecule has 18 heavy (non-hydrogen) atoms. The Kier molecular flexibility index (Phi) is 3.64. The summed E-state index contributed by atoms with van der Waals surface area (Å²) in [6.45, 7) is 5.07. The first kappa shape index (κ1) is 13.4. The lowest BCUT2D eigenvalue weighted by molar-refractivity contribution is -0.145. The molecule has 0 aromatic carbocycles. The fourth-order valence-electron chi connectivity index (χ4n) is 2.87. The van der Waals surface area contributed by atoms with Gasteiger partial charge < -0.3 is 9.64 Å². The van der Waals surface area contributed by atoms with Crippen LogP contribution < -0.4 is 0 Å². The summed E-state index contributed by atoms with van der Waals surface area (Å²) in [5, 5.41) is 0. The van der Waals surface area contributed by atoms with Gasteiger partial charge in [-0.15, -0.1) is 0 Å². The Bertz CT molecular complexity index is 351. The van der Waals surface area contributed by atoms with Gasteiger partial charge in [-0.2, -0.15) is 0 Å². The summed E-state index contributed by atoms with van der Waals surface area (Å²) in [6.07, 6.45) is 4.40. The third kappa shape index (κ3) is 2.68. The molecule has 0 N–H and O–H groups in total. The maximum absolute atomic E-state index is 12.4. The minimum atomic E-state index is -0.213. The maximum Gasteiger partial charge on any atom is 0.307 e. The van der Waals surface area contributed by atoms with Gasteiger partial charge in [0.1, 0.15) is 0 Å². The number of methoxy groups -OCH3 is 1.